The molecule has 0 unspecified atom stereocenters. The van der Waals surface area contributed by atoms with Crippen LogP contribution in [-0.4, -0.2) is 11.5 Å². The Morgan fingerprint density at radius 3 is 2.79 bits per heavy atom. The minimum Gasteiger partial charge on any atom is -0.313 e. The Bertz CT molecular complexity index is 558. The molecule has 0 saturated heterocycles. The van der Waals surface area contributed by atoms with Gasteiger partial charge in [0.1, 0.15) is 5.82 Å². The van der Waals surface area contributed by atoms with Crippen LogP contribution < -0.4 is 5.32 Å². The summed E-state index contributed by atoms with van der Waals surface area (Å²) in [6, 6.07) is 6.75. The van der Waals surface area contributed by atoms with E-state index in [-0.39, 0.29) is 5.02 Å². The van der Waals surface area contributed by atoms with Gasteiger partial charge in [-0.25, -0.2) is 4.39 Å². The van der Waals surface area contributed by atoms with Crippen LogP contribution in [0, 0.1) is 5.82 Å². The summed E-state index contributed by atoms with van der Waals surface area (Å²) in [5, 5.41) is 3.46. The fourth-order valence-corrected chi connectivity index (χ4v) is 2.01. The lowest BCUT2D eigenvalue weighted by molar-refractivity contribution is 0.628. The molecule has 0 spiro atoms. The molecule has 0 aliphatic carbocycles. The van der Waals surface area contributed by atoms with E-state index in [1.54, 1.807) is 18.3 Å². The Balaban J connectivity index is 2.19. The van der Waals surface area contributed by atoms with Gasteiger partial charge < -0.3 is 5.32 Å². The van der Waals surface area contributed by atoms with Crippen LogP contribution in [0.3, 0.4) is 0 Å². The summed E-state index contributed by atoms with van der Waals surface area (Å²) >= 11 is 5.80. The molecule has 0 saturated carbocycles. The number of pyridine rings is 1. The van der Waals surface area contributed by atoms with E-state index >= 15 is 0 Å². The standard InChI is InChI=1S/C15H16ClFN2/c1-2-5-18-8-11-6-13(10-19-9-11)12-3-4-15(17)14(16)7-12/h3-4,6-7,9-10,18H,2,5,8H2,1H3. The number of hydrogen-bond acceptors (Lipinski definition) is 2. The maximum absolute atomic E-state index is 13.1. The normalized spacial score (nSPS) is 10.7. The van der Waals surface area contributed by atoms with E-state index in [9.17, 15) is 4.39 Å². The average Bonchev–Trinajstić information content (AvgIpc) is 2.43. The van der Waals surface area contributed by atoms with E-state index in [4.69, 9.17) is 11.6 Å². The fraction of sp³-hybridized carbons (Fsp3) is 0.267. The van der Waals surface area contributed by atoms with E-state index in [1.807, 2.05) is 12.3 Å². The molecule has 1 heterocycles. The first-order valence-corrected chi connectivity index (χ1v) is 6.68. The van der Waals surface area contributed by atoms with Crippen LogP contribution in [0.25, 0.3) is 11.1 Å². The fourth-order valence-electron chi connectivity index (χ4n) is 1.83. The molecule has 2 aromatic rings. The summed E-state index contributed by atoms with van der Waals surface area (Å²) in [6.45, 7) is 3.89. The van der Waals surface area contributed by atoms with Gasteiger partial charge in [0.25, 0.3) is 0 Å². The first-order valence-electron chi connectivity index (χ1n) is 6.30. The second kappa shape index (κ2) is 6.64. The zero-order valence-electron chi connectivity index (χ0n) is 10.8. The molecule has 0 bridgehead atoms. The van der Waals surface area contributed by atoms with E-state index < -0.39 is 5.82 Å². The Morgan fingerprint density at radius 1 is 1.21 bits per heavy atom. The monoisotopic (exact) mass is 278 g/mol. The van der Waals surface area contributed by atoms with Gasteiger partial charge in [-0.05, 0) is 42.3 Å². The molecule has 0 amide bonds. The Hall–Kier alpha value is -1.45. The van der Waals surface area contributed by atoms with Gasteiger partial charge in [0.2, 0.25) is 0 Å². The van der Waals surface area contributed by atoms with Crippen molar-refractivity contribution in [1.29, 1.82) is 0 Å². The van der Waals surface area contributed by atoms with Crippen LogP contribution in [0.5, 0.6) is 0 Å². The third-order valence-electron chi connectivity index (χ3n) is 2.80. The highest BCUT2D eigenvalue weighted by molar-refractivity contribution is 6.31. The summed E-state index contributed by atoms with van der Waals surface area (Å²) in [7, 11) is 0. The highest BCUT2D eigenvalue weighted by atomic mass is 35.5. The molecule has 1 aromatic heterocycles. The average molecular weight is 279 g/mol. The molecule has 1 N–H and O–H groups in total. The van der Waals surface area contributed by atoms with Gasteiger partial charge in [-0.1, -0.05) is 24.6 Å². The molecule has 19 heavy (non-hydrogen) atoms. The van der Waals surface area contributed by atoms with Crippen LogP contribution in [0.1, 0.15) is 18.9 Å². The van der Waals surface area contributed by atoms with Crippen LogP contribution in [0.4, 0.5) is 4.39 Å². The van der Waals surface area contributed by atoms with Crippen molar-refractivity contribution in [3.63, 3.8) is 0 Å². The molecular weight excluding hydrogens is 263 g/mol. The number of halogens is 2. The second-order valence-electron chi connectivity index (χ2n) is 4.39. The second-order valence-corrected chi connectivity index (χ2v) is 4.79. The van der Waals surface area contributed by atoms with Gasteiger partial charge in [-0.3, -0.25) is 4.98 Å². The van der Waals surface area contributed by atoms with Crippen molar-refractivity contribution >= 4 is 11.6 Å². The molecule has 0 aliphatic rings. The topological polar surface area (TPSA) is 24.9 Å². The van der Waals surface area contributed by atoms with Crippen LogP contribution in [-0.2, 0) is 6.54 Å². The van der Waals surface area contributed by atoms with E-state index in [1.165, 1.54) is 6.07 Å². The molecule has 0 aliphatic heterocycles. The first-order chi connectivity index (χ1) is 9.20. The summed E-state index contributed by atoms with van der Waals surface area (Å²) in [5.41, 5.74) is 2.92. The molecule has 1 aromatic carbocycles. The maximum Gasteiger partial charge on any atom is 0.141 e. The van der Waals surface area contributed by atoms with Crippen molar-refractivity contribution in [3.8, 4) is 11.1 Å². The number of rotatable bonds is 5. The van der Waals surface area contributed by atoms with Crippen molar-refractivity contribution < 1.29 is 4.39 Å². The van der Waals surface area contributed by atoms with Crippen molar-refractivity contribution in [1.82, 2.24) is 10.3 Å². The predicted octanol–water partition coefficient (Wildman–Crippen LogP) is 4.04. The van der Waals surface area contributed by atoms with Crippen molar-refractivity contribution in [2.45, 2.75) is 19.9 Å². The first kappa shape index (κ1) is 14.0. The van der Waals surface area contributed by atoms with Gasteiger partial charge in [0, 0.05) is 24.5 Å². The lowest BCUT2D eigenvalue weighted by Gasteiger charge is -2.06. The minimum atomic E-state index is -0.404. The van der Waals surface area contributed by atoms with E-state index in [0.29, 0.717) is 0 Å². The molecule has 2 rings (SSSR count). The number of hydrogen-bond donors (Lipinski definition) is 1. The molecule has 4 heteroatoms. The van der Waals surface area contributed by atoms with E-state index in [2.05, 4.69) is 17.2 Å². The molecule has 0 fully saturated rings. The lowest BCUT2D eigenvalue weighted by Crippen LogP contribution is -2.13. The third-order valence-corrected chi connectivity index (χ3v) is 3.09. The van der Waals surface area contributed by atoms with Crippen molar-refractivity contribution in [2.75, 3.05) is 6.54 Å². The van der Waals surface area contributed by atoms with Gasteiger partial charge >= 0.3 is 0 Å². The highest BCUT2D eigenvalue weighted by Crippen LogP contribution is 2.24. The van der Waals surface area contributed by atoms with Crippen molar-refractivity contribution in [3.05, 3.63) is 53.1 Å². The molecule has 2 nitrogen and oxygen atoms in total. The Labute approximate surface area is 117 Å². The summed E-state index contributed by atoms with van der Waals surface area (Å²) in [4.78, 5) is 4.22. The van der Waals surface area contributed by atoms with Gasteiger partial charge in [0.15, 0.2) is 0 Å². The zero-order chi connectivity index (χ0) is 13.7. The zero-order valence-corrected chi connectivity index (χ0v) is 11.5. The molecule has 0 radical (unpaired) electrons. The molecule has 100 valence electrons. The summed E-state index contributed by atoms with van der Waals surface area (Å²) < 4.78 is 13.1. The molecule has 0 atom stereocenters. The number of aromatic nitrogens is 1. The predicted molar refractivity (Wildman–Crippen MR) is 76.6 cm³/mol. The Morgan fingerprint density at radius 2 is 2.05 bits per heavy atom. The summed E-state index contributed by atoms with van der Waals surface area (Å²) in [5.74, 6) is -0.404. The summed E-state index contributed by atoms with van der Waals surface area (Å²) in [6.07, 6.45) is 4.69. The lowest BCUT2D eigenvalue weighted by atomic mass is 10.1. The third kappa shape index (κ3) is 3.75. The van der Waals surface area contributed by atoms with Gasteiger partial charge in [0.05, 0.1) is 5.02 Å². The SMILES string of the molecule is CCCNCc1cncc(-c2ccc(F)c(Cl)c2)c1. The van der Waals surface area contributed by atoms with Gasteiger partial charge in [-0.2, -0.15) is 0 Å². The van der Waals surface area contributed by atoms with Crippen LogP contribution in [0.2, 0.25) is 5.02 Å². The smallest absolute Gasteiger partial charge is 0.141 e. The number of benzene rings is 1. The largest absolute Gasteiger partial charge is 0.313 e. The van der Waals surface area contributed by atoms with Crippen molar-refractivity contribution in [2.24, 2.45) is 0 Å². The minimum absolute atomic E-state index is 0.131. The quantitative estimate of drug-likeness (QED) is 0.835. The van der Waals surface area contributed by atoms with Gasteiger partial charge in [-0.15, -0.1) is 0 Å². The Kier molecular flexibility index (Phi) is 4.88. The van der Waals surface area contributed by atoms with Crippen LogP contribution in [0.15, 0.2) is 36.7 Å². The molecular formula is C15H16ClFN2. The highest BCUT2D eigenvalue weighted by Gasteiger charge is 2.04. The van der Waals surface area contributed by atoms with E-state index in [0.717, 1.165) is 36.2 Å². The van der Waals surface area contributed by atoms with Crippen LogP contribution >= 0.6 is 11.6 Å². The maximum atomic E-state index is 13.1. The number of nitrogens with one attached hydrogen (secondary N) is 1. The number of nitrogens with zero attached hydrogens (tertiary/aromatic N) is 1.